The third-order valence-electron chi connectivity index (χ3n) is 6.21. The Bertz CT molecular complexity index is 1150. The highest BCUT2D eigenvalue weighted by Crippen LogP contribution is 2.38. The molecule has 0 saturated carbocycles. The molecule has 1 atom stereocenters. The van der Waals surface area contributed by atoms with Crippen molar-refractivity contribution < 1.29 is 9.26 Å². The lowest BCUT2D eigenvalue weighted by molar-refractivity contribution is -0.110. The number of hydrogen-bond acceptors (Lipinski definition) is 7. The first kappa shape index (κ1) is 20.2. The molecule has 8 nitrogen and oxygen atoms in total. The van der Waals surface area contributed by atoms with Crippen molar-refractivity contribution in [2.45, 2.75) is 38.8 Å². The molecule has 0 radical (unpaired) electrons. The molecule has 2 saturated heterocycles. The summed E-state index contributed by atoms with van der Waals surface area (Å²) in [4.78, 5) is 19.1. The minimum absolute atomic E-state index is 0.0619. The maximum absolute atomic E-state index is 12.8. The summed E-state index contributed by atoms with van der Waals surface area (Å²) < 4.78 is 12.8. The highest BCUT2D eigenvalue weighted by Gasteiger charge is 2.47. The predicted octanol–water partition coefficient (Wildman–Crippen LogP) is 3.31. The van der Waals surface area contributed by atoms with Crippen LogP contribution < -0.4 is 10.5 Å². The summed E-state index contributed by atoms with van der Waals surface area (Å²) in [5.74, 6) is 1.31. The lowest BCUT2D eigenvalue weighted by Gasteiger charge is -2.53. The Morgan fingerprint density at radius 1 is 1.29 bits per heavy atom. The van der Waals surface area contributed by atoms with E-state index in [0.29, 0.717) is 22.5 Å². The molecular weight excluding hydrogens is 418 g/mol. The average molecular weight is 442 g/mol. The van der Waals surface area contributed by atoms with Crippen molar-refractivity contribution in [3.05, 3.63) is 57.4 Å². The SMILES string of the molecule is Cc1onc(-c2ccc(Cl)nc2)c1Cn1ncc(N2CC3(CC(C)CCO3)C2)cc1=O. The number of pyridine rings is 1. The van der Waals surface area contributed by atoms with Crippen molar-refractivity contribution in [1.82, 2.24) is 19.9 Å². The number of halogens is 1. The van der Waals surface area contributed by atoms with Crippen molar-refractivity contribution in [3.8, 4) is 11.3 Å². The molecule has 0 N–H and O–H groups in total. The van der Waals surface area contributed by atoms with Crippen molar-refractivity contribution in [2.24, 2.45) is 5.92 Å². The van der Waals surface area contributed by atoms with Crippen LogP contribution in [0.4, 0.5) is 5.69 Å². The summed E-state index contributed by atoms with van der Waals surface area (Å²) in [5, 5.41) is 8.95. The molecule has 2 aliphatic heterocycles. The van der Waals surface area contributed by atoms with Gasteiger partial charge in [-0.05, 0) is 37.8 Å². The lowest BCUT2D eigenvalue weighted by atomic mass is 9.81. The predicted molar refractivity (Wildman–Crippen MR) is 116 cm³/mol. The van der Waals surface area contributed by atoms with Gasteiger partial charge in [0, 0.05) is 43.1 Å². The van der Waals surface area contributed by atoms with Crippen LogP contribution in [0.2, 0.25) is 5.15 Å². The molecule has 0 aromatic carbocycles. The quantitative estimate of drug-likeness (QED) is 0.574. The molecule has 31 heavy (non-hydrogen) atoms. The minimum Gasteiger partial charge on any atom is -0.371 e. The standard InChI is InChI=1S/C22H24ClN5O3/c1-14-5-6-30-22(8-14)12-27(13-22)17-7-20(29)28(25-10-17)11-18-15(2)31-26-21(18)16-3-4-19(23)24-9-16/h3-4,7,9-10,14H,5-6,8,11-13H2,1-2H3. The maximum Gasteiger partial charge on any atom is 0.269 e. The van der Waals surface area contributed by atoms with Gasteiger partial charge >= 0.3 is 0 Å². The Morgan fingerprint density at radius 3 is 2.84 bits per heavy atom. The molecule has 5 heterocycles. The molecule has 1 spiro atoms. The number of hydrogen-bond donors (Lipinski definition) is 0. The Balaban J connectivity index is 1.34. The van der Waals surface area contributed by atoms with Gasteiger partial charge in [-0.2, -0.15) is 5.10 Å². The Morgan fingerprint density at radius 2 is 2.13 bits per heavy atom. The van der Waals surface area contributed by atoms with E-state index in [-0.39, 0.29) is 17.7 Å². The largest absolute Gasteiger partial charge is 0.371 e. The van der Waals surface area contributed by atoms with E-state index < -0.39 is 0 Å². The van der Waals surface area contributed by atoms with E-state index in [9.17, 15) is 4.79 Å². The Hall–Kier alpha value is -2.71. The molecule has 5 rings (SSSR count). The zero-order chi connectivity index (χ0) is 21.6. The van der Waals surface area contributed by atoms with Gasteiger partial charge in [0.1, 0.15) is 22.2 Å². The number of anilines is 1. The molecule has 0 aliphatic carbocycles. The van der Waals surface area contributed by atoms with Gasteiger partial charge in [0.25, 0.3) is 5.56 Å². The molecule has 3 aromatic rings. The normalized spacial score (nSPS) is 20.1. The summed E-state index contributed by atoms with van der Waals surface area (Å²) in [6, 6.07) is 5.16. The first-order chi connectivity index (χ1) is 14.9. The molecule has 2 fully saturated rings. The van der Waals surface area contributed by atoms with Crippen LogP contribution in [-0.4, -0.2) is 45.2 Å². The van der Waals surface area contributed by atoms with Crippen molar-refractivity contribution in [2.75, 3.05) is 24.6 Å². The molecule has 2 aliphatic rings. The highest BCUT2D eigenvalue weighted by atomic mass is 35.5. The number of rotatable bonds is 4. The second-order valence-electron chi connectivity index (χ2n) is 8.63. The molecule has 0 bridgehead atoms. The van der Waals surface area contributed by atoms with E-state index >= 15 is 0 Å². The van der Waals surface area contributed by atoms with Crippen molar-refractivity contribution in [3.63, 3.8) is 0 Å². The van der Waals surface area contributed by atoms with Crippen LogP contribution in [0.25, 0.3) is 11.3 Å². The zero-order valence-corrected chi connectivity index (χ0v) is 18.3. The molecule has 1 unspecified atom stereocenters. The molecule has 0 amide bonds. The zero-order valence-electron chi connectivity index (χ0n) is 17.5. The summed E-state index contributed by atoms with van der Waals surface area (Å²) in [5.41, 5.74) is 2.79. The van der Waals surface area contributed by atoms with Crippen LogP contribution in [0.1, 0.15) is 31.1 Å². The molecular formula is C22H24ClN5O3. The van der Waals surface area contributed by atoms with E-state index in [1.807, 2.05) is 13.0 Å². The number of ether oxygens (including phenoxy) is 1. The first-order valence-electron chi connectivity index (χ1n) is 10.5. The number of aryl methyl sites for hydroxylation is 1. The molecule has 3 aromatic heterocycles. The van der Waals surface area contributed by atoms with E-state index in [4.69, 9.17) is 20.9 Å². The van der Waals surface area contributed by atoms with Gasteiger partial charge in [-0.15, -0.1) is 0 Å². The van der Waals surface area contributed by atoms with Crippen LogP contribution in [0, 0.1) is 12.8 Å². The fourth-order valence-electron chi connectivity index (χ4n) is 4.51. The lowest BCUT2D eigenvalue weighted by Crippen LogP contribution is -2.65. The van der Waals surface area contributed by atoms with E-state index in [1.54, 1.807) is 24.5 Å². The Labute approximate surface area is 184 Å². The van der Waals surface area contributed by atoms with Crippen LogP contribution in [-0.2, 0) is 11.3 Å². The second-order valence-corrected chi connectivity index (χ2v) is 9.02. The highest BCUT2D eigenvalue weighted by molar-refractivity contribution is 6.29. The molecule has 9 heteroatoms. The van der Waals surface area contributed by atoms with Crippen molar-refractivity contribution >= 4 is 17.3 Å². The van der Waals surface area contributed by atoms with Gasteiger partial charge in [0.15, 0.2) is 0 Å². The Kier molecular flexibility index (Phi) is 5.06. The van der Waals surface area contributed by atoms with Gasteiger partial charge in [-0.1, -0.05) is 23.7 Å². The smallest absolute Gasteiger partial charge is 0.269 e. The number of aromatic nitrogens is 4. The fourth-order valence-corrected chi connectivity index (χ4v) is 4.62. The van der Waals surface area contributed by atoms with Gasteiger partial charge in [-0.25, -0.2) is 9.67 Å². The molecule has 162 valence electrons. The van der Waals surface area contributed by atoms with Gasteiger partial charge in [0.2, 0.25) is 0 Å². The minimum atomic E-state index is -0.169. The topological polar surface area (TPSA) is 86.3 Å². The first-order valence-corrected chi connectivity index (χ1v) is 10.8. The van der Waals surface area contributed by atoms with E-state index in [2.05, 4.69) is 27.1 Å². The summed E-state index contributed by atoms with van der Waals surface area (Å²) in [7, 11) is 0. The summed E-state index contributed by atoms with van der Waals surface area (Å²) in [6.45, 7) is 6.78. The number of nitrogens with zero attached hydrogens (tertiary/aromatic N) is 5. The van der Waals surface area contributed by atoms with Crippen LogP contribution in [0.3, 0.4) is 0 Å². The third kappa shape index (κ3) is 3.85. The van der Waals surface area contributed by atoms with Crippen LogP contribution >= 0.6 is 11.6 Å². The van der Waals surface area contributed by atoms with Crippen molar-refractivity contribution in [1.29, 1.82) is 0 Å². The third-order valence-corrected chi connectivity index (χ3v) is 6.43. The monoisotopic (exact) mass is 441 g/mol. The average Bonchev–Trinajstić information content (AvgIpc) is 3.08. The van der Waals surface area contributed by atoms with E-state index in [1.165, 1.54) is 4.68 Å². The van der Waals surface area contributed by atoms with E-state index in [0.717, 1.165) is 49.4 Å². The maximum atomic E-state index is 12.8. The second kappa shape index (κ2) is 7.76. The van der Waals surface area contributed by atoms with Crippen LogP contribution in [0.15, 0.2) is 39.9 Å². The van der Waals surface area contributed by atoms with Gasteiger partial charge in [-0.3, -0.25) is 4.79 Å². The fraction of sp³-hybridized carbons (Fsp3) is 0.455. The van der Waals surface area contributed by atoms with Gasteiger partial charge < -0.3 is 14.2 Å². The van der Waals surface area contributed by atoms with Crippen LogP contribution in [0.5, 0.6) is 0 Å². The van der Waals surface area contributed by atoms with Gasteiger partial charge in [0.05, 0.1) is 18.4 Å². The summed E-state index contributed by atoms with van der Waals surface area (Å²) >= 11 is 5.88. The summed E-state index contributed by atoms with van der Waals surface area (Å²) in [6.07, 6.45) is 5.57.